The highest BCUT2D eigenvalue weighted by Gasteiger charge is 2.19. The highest BCUT2D eigenvalue weighted by Crippen LogP contribution is 2.19. The number of hydrogen-bond donors (Lipinski definition) is 3. The second kappa shape index (κ2) is 8.14. The molecule has 0 unspecified atom stereocenters. The fraction of sp³-hybridized carbons (Fsp3) is 0.353. The maximum Gasteiger partial charge on any atom is 0.321 e. The SMILES string of the molecule is CNC(=O)NC(=O)[C@@H](C)OC(=O)CCCc1c[nH]c2ccccc12. The molecule has 2 rings (SSSR count). The molecule has 128 valence electrons. The summed E-state index contributed by atoms with van der Waals surface area (Å²) < 4.78 is 5.03. The third-order valence-electron chi connectivity index (χ3n) is 3.64. The van der Waals surface area contributed by atoms with Gasteiger partial charge in [0.2, 0.25) is 0 Å². The van der Waals surface area contributed by atoms with E-state index in [0.717, 1.165) is 22.9 Å². The molecule has 0 fully saturated rings. The summed E-state index contributed by atoms with van der Waals surface area (Å²) in [7, 11) is 1.39. The van der Waals surface area contributed by atoms with Crippen LogP contribution in [0.15, 0.2) is 30.5 Å². The predicted molar refractivity (Wildman–Crippen MR) is 89.4 cm³/mol. The number of urea groups is 1. The van der Waals surface area contributed by atoms with Crippen LogP contribution in [0.25, 0.3) is 10.9 Å². The average Bonchev–Trinajstić information content (AvgIpc) is 2.98. The van der Waals surface area contributed by atoms with E-state index in [1.165, 1.54) is 14.0 Å². The molecule has 7 heteroatoms. The van der Waals surface area contributed by atoms with Crippen LogP contribution in [0.2, 0.25) is 0 Å². The minimum Gasteiger partial charge on any atom is -0.453 e. The Kier molecular flexibility index (Phi) is 5.95. The van der Waals surface area contributed by atoms with E-state index in [2.05, 4.69) is 15.6 Å². The van der Waals surface area contributed by atoms with Crippen molar-refractivity contribution in [2.75, 3.05) is 7.05 Å². The summed E-state index contributed by atoms with van der Waals surface area (Å²) in [6.07, 6.45) is 2.48. The van der Waals surface area contributed by atoms with Gasteiger partial charge in [0.05, 0.1) is 0 Å². The Labute approximate surface area is 139 Å². The zero-order valence-electron chi connectivity index (χ0n) is 13.7. The summed E-state index contributed by atoms with van der Waals surface area (Å²) in [5.41, 5.74) is 2.21. The van der Waals surface area contributed by atoms with E-state index in [1.54, 1.807) is 0 Å². The number of nitrogens with one attached hydrogen (secondary N) is 3. The van der Waals surface area contributed by atoms with Crippen LogP contribution < -0.4 is 10.6 Å². The minimum atomic E-state index is -1.01. The quantitative estimate of drug-likeness (QED) is 0.704. The summed E-state index contributed by atoms with van der Waals surface area (Å²) >= 11 is 0. The minimum absolute atomic E-state index is 0.205. The monoisotopic (exact) mass is 331 g/mol. The molecule has 0 aliphatic rings. The molecule has 3 N–H and O–H groups in total. The number of para-hydroxylation sites is 1. The van der Waals surface area contributed by atoms with Crippen molar-refractivity contribution < 1.29 is 19.1 Å². The number of carbonyl (C=O) groups excluding carboxylic acids is 3. The number of amides is 3. The summed E-state index contributed by atoms with van der Waals surface area (Å²) in [6.45, 7) is 1.43. The van der Waals surface area contributed by atoms with E-state index < -0.39 is 24.0 Å². The second-order valence-corrected chi connectivity index (χ2v) is 5.41. The van der Waals surface area contributed by atoms with Gasteiger partial charge < -0.3 is 15.0 Å². The first-order valence-corrected chi connectivity index (χ1v) is 7.78. The maximum absolute atomic E-state index is 11.8. The second-order valence-electron chi connectivity index (χ2n) is 5.41. The number of esters is 1. The Morgan fingerprint density at radius 3 is 2.75 bits per heavy atom. The number of imide groups is 1. The fourth-order valence-corrected chi connectivity index (χ4v) is 2.35. The van der Waals surface area contributed by atoms with Gasteiger partial charge in [-0.25, -0.2) is 4.79 Å². The molecule has 0 aliphatic heterocycles. The van der Waals surface area contributed by atoms with Crippen molar-refractivity contribution in [1.29, 1.82) is 0 Å². The highest BCUT2D eigenvalue weighted by molar-refractivity contribution is 5.97. The molecule has 3 amide bonds. The smallest absolute Gasteiger partial charge is 0.321 e. The van der Waals surface area contributed by atoms with Crippen LogP contribution in [-0.2, 0) is 20.7 Å². The van der Waals surface area contributed by atoms with Gasteiger partial charge >= 0.3 is 12.0 Å². The molecule has 1 atom stereocenters. The highest BCUT2D eigenvalue weighted by atomic mass is 16.5. The summed E-state index contributed by atoms with van der Waals surface area (Å²) in [5, 5.41) is 5.46. The van der Waals surface area contributed by atoms with Crippen molar-refractivity contribution >= 4 is 28.8 Å². The summed E-state index contributed by atoms with van der Waals surface area (Å²) in [4.78, 5) is 37.6. The van der Waals surface area contributed by atoms with Crippen LogP contribution >= 0.6 is 0 Å². The van der Waals surface area contributed by atoms with Gasteiger partial charge in [-0.05, 0) is 31.4 Å². The molecular formula is C17H21N3O4. The van der Waals surface area contributed by atoms with Gasteiger partial charge in [-0.2, -0.15) is 0 Å². The van der Waals surface area contributed by atoms with Gasteiger partial charge in [0.15, 0.2) is 6.10 Å². The number of fused-ring (bicyclic) bond motifs is 1. The number of rotatable bonds is 6. The Morgan fingerprint density at radius 1 is 1.25 bits per heavy atom. The Balaban J connectivity index is 1.77. The number of aromatic amines is 1. The fourth-order valence-electron chi connectivity index (χ4n) is 2.35. The topological polar surface area (TPSA) is 100 Å². The van der Waals surface area contributed by atoms with Crippen LogP contribution in [-0.4, -0.2) is 36.0 Å². The van der Waals surface area contributed by atoms with E-state index >= 15 is 0 Å². The molecule has 0 saturated carbocycles. The molecule has 1 heterocycles. The maximum atomic E-state index is 11.8. The third-order valence-corrected chi connectivity index (χ3v) is 3.64. The number of ether oxygens (including phenoxy) is 1. The number of benzene rings is 1. The Hall–Kier alpha value is -2.83. The standard InChI is InChI=1S/C17H21N3O4/c1-11(16(22)20-17(23)18-2)24-15(21)9-5-6-12-10-19-14-8-4-3-7-13(12)14/h3-4,7-8,10-11,19H,5-6,9H2,1-2H3,(H2,18,20,22,23)/t11-/m1/s1. The third kappa shape index (κ3) is 4.58. The van der Waals surface area contributed by atoms with E-state index in [0.29, 0.717) is 6.42 Å². The average molecular weight is 331 g/mol. The zero-order valence-corrected chi connectivity index (χ0v) is 13.7. The number of hydrogen-bond acceptors (Lipinski definition) is 4. The van der Waals surface area contributed by atoms with Gasteiger partial charge in [-0.3, -0.25) is 14.9 Å². The van der Waals surface area contributed by atoms with Gasteiger partial charge in [0.1, 0.15) is 0 Å². The van der Waals surface area contributed by atoms with Gasteiger partial charge in [0, 0.05) is 30.6 Å². The molecular weight excluding hydrogens is 310 g/mol. The van der Waals surface area contributed by atoms with E-state index in [1.807, 2.05) is 30.5 Å². The first-order chi connectivity index (χ1) is 11.5. The lowest BCUT2D eigenvalue weighted by Gasteiger charge is -2.12. The van der Waals surface area contributed by atoms with Crippen LogP contribution in [0.4, 0.5) is 4.79 Å². The normalized spacial score (nSPS) is 11.8. The van der Waals surface area contributed by atoms with Gasteiger partial charge in [0.25, 0.3) is 5.91 Å². The zero-order chi connectivity index (χ0) is 17.5. The lowest BCUT2D eigenvalue weighted by molar-refractivity contribution is -0.154. The first-order valence-electron chi connectivity index (χ1n) is 7.78. The molecule has 7 nitrogen and oxygen atoms in total. The molecule has 0 bridgehead atoms. The molecule has 0 radical (unpaired) electrons. The number of aryl methyl sites for hydroxylation is 1. The molecule has 2 aromatic rings. The first kappa shape index (κ1) is 17.5. The van der Waals surface area contributed by atoms with Crippen LogP contribution in [0, 0.1) is 0 Å². The van der Waals surface area contributed by atoms with Crippen LogP contribution in [0.5, 0.6) is 0 Å². The van der Waals surface area contributed by atoms with E-state index in [4.69, 9.17) is 4.74 Å². The van der Waals surface area contributed by atoms with Crippen LogP contribution in [0.3, 0.4) is 0 Å². The van der Waals surface area contributed by atoms with E-state index in [-0.39, 0.29) is 6.42 Å². The molecule has 0 aliphatic carbocycles. The van der Waals surface area contributed by atoms with Crippen molar-refractivity contribution in [3.05, 3.63) is 36.0 Å². The lowest BCUT2D eigenvalue weighted by Crippen LogP contribution is -2.43. The largest absolute Gasteiger partial charge is 0.453 e. The molecule has 0 saturated heterocycles. The molecule has 0 spiro atoms. The summed E-state index contributed by atoms with van der Waals surface area (Å²) in [5.74, 6) is -1.12. The number of carbonyl (C=O) groups is 3. The van der Waals surface area contributed by atoms with Gasteiger partial charge in [-0.1, -0.05) is 18.2 Å². The van der Waals surface area contributed by atoms with Crippen molar-refractivity contribution in [3.63, 3.8) is 0 Å². The number of H-pyrrole nitrogens is 1. The van der Waals surface area contributed by atoms with Crippen molar-refractivity contribution in [2.45, 2.75) is 32.3 Å². The lowest BCUT2D eigenvalue weighted by atomic mass is 10.1. The van der Waals surface area contributed by atoms with Crippen LogP contribution in [0.1, 0.15) is 25.3 Å². The molecule has 1 aromatic carbocycles. The van der Waals surface area contributed by atoms with Gasteiger partial charge in [-0.15, -0.1) is 0 Å². The molecule has 24 heavy (non-hydrogen) atoms. The predicted octanol–water partition coefficient (Wildman–Crippen LogP) is 1.88. The summed E-state index contributed by atoms with van der Waals surface area (Å²) in [6, 6.07) is 7.33. The van der Waals surface area contributed by atoms with Crippen molar-refractivity contribution in [1.82, 2.24) is 15.6 Å². The van der Waals surface area contributed by atoms with E-state index in [9.17, 15) is 14.4 Å². The van der Waals surface area contributed by atoms with Crippen molar-refractivity contribution in [3.8, 4) is 0 Å². The molecule has 1 aromatic heterocycles. The number of aromatic nitrogens is 1. The van der Waals surface area contributed by atoms with Crippen molar-refractivity contribution in [2.24, 2.45) is 0 Å². The Bertz CT molecular complexity index is 738. The Morgan fingerprint density at radius 2 is 2.00 bits per heavy atom.